The van der Waals surface area contributed by atoms with E-state index in [1.54, 1.807) is 20.8 Å². The van der Waals surface area contributed by atoms with Gasteiger partial charge in [-0.05, 0) is 87.7 Å². The molecule has 29 heavy (non-hydrogen) atoms. The van der Waals surface area contributed by atoms with Crippen LogP contribution < -0.4 is 5.32 Å². The zero-order valence-electron chi connectivity index (χ0n) is 17.9. The van der Waals surface area contributed by atoms with Gasteiger partial charge in [-0.1, -0.05) is 29.8 Å². The van der Waals surface area contributed by atoms with Gasteiger partial charge in [0.15, 0.2) is 0 Å². The smallest absolute Gasteiger partial charge is 0.0714 e. The molecule has 0 amide bonds. The molecule has 0 aliphatic heterocycles. The van der Waals surface area contributed by atoms with Crippen LogP contribution in [0.1, 0.15) is 37.6 Å². The topological polar surface area (TPSA) is 65.4 Å². The number of pyridine rings is 1. The van der Waals surface area contributed by atoms with Crippen LogP contribution in [-0.4, -0.2) is 34.5 Å². The maximum absolute atomic E-state index is 9.50. The molecule has 1 heterocycles. The Morgan fingerprint density at radius 3 is 2.24 bits per heavy atom. The fraction of sp³-hybridized carbons (Fsp3) is 0.375. The van der Waals surface area contributed by atoms with E-state index in [4.69, 9.17) is 21.7 Å². The Balaban J connectivity index is 0.000000537. The van der Waals surface area contributed by atoms with Gasteiger partial charge in [0.25, 0.3) is 0 Å². The van der Waals surface area contributed by atoms with Crippen molar-refractivity contribution in [2.75, 3.05) is 13.7 Å². The minimum atomic E-state index is -0.500. The number of hydrogen-bond donors (Lipinski definition) is 3. The molecule has 1 aromatic heterocycles. The van der Waals surface area contributed by atoms with Gasteiger partial charge >= 0.3 is 0 Å². The number of nitrogens with one attached hydrogen (secondary N) is 1. The molecule has 2 aromatic carbocycles. The van der Waals surface area contributed by atoms with Crippen molar-refractivity contribution >= 4 is 22.5 Å². The van der Waals surface area contributed by atoms with Crippen LogP contribution in [-0.2, 0) is 13.0 Å². The maximum Gasteiger partial charge on any atom is 0.0714 e. The third-order valence-electron chi connectivity index (χ3n) is 4.24. The van der Waals surface area contributed by atoms with E-state index in [1.807, 2.05) is 31.3 Å². The lowest BCUT2D eigenvalue weighted by Crippen LogP contribution is -2.10. The minimum absolute atomic E-state index is 0.123. The molecule has 5 heteroatoms. The van der Waals surface area contributed by atoms with E-state index in [1.165, 1.54) is 0 Å². The SMILES string of the molecule is CC(C)(C)O.CNCc1ccc2c(-c3ccc(Cl)cc3)c(CCO)c(C)cc2n1. The lowest BCUT2D eigenvalue weighted by molar-refractivity contribution is 0.102. The van der Waals surface area contributed by atoms with Crippen LogP contribution in [0.15, 0.2) is 42.5 Å². The lowest BCUT2D eigenvalue weighted by atomic mass is 9.90. The number of rotatable bonds is 5. The van der Waals surface area contributed by atoms with E-state index in [0.29, 0.717) is 11.4 Å². The number of fused-ring (bicyclic) bond motifs is 1. The molecule has 0 radical (unpaired) electrons. The Hall–Kier alpha value is -1.98. The van der Waals surface area contributed by atoms with Gasteiger partial charge < -0.3 is 15.5 Å². The zero-order chi connectivity index (χ0) is 21.6. The predicted molar refractivity (Wildman–Crippen MR) is 122 cm³/mol. The van der Waals surface area contributed by atoms with Gasteiger partial charge in [-0.15, -0.1) is 0 Å². The number of hydrogen-bond acceptors (Lipinski definition) is 4. The van der Waals surface area contributed by atoms with Crippen molar-refractivity contribution in [1.29, 1.82) is 0 Å². The molecule has 0 unspecified atom stereocenters. The summed E-state index contributed by atoms with van der Waals surface area (Å²) in [6.45, 7) is 8.17. The van der Waals surface area contributed by atoms with Crippen LogP contribution in [0.25, 0.3) is 22.0 Å². The summed E-state index contributed by atoms with van der Waals surface area (Å²) in [6, 6.07) is 14.1. The molecular weight excluding hydrogens is 384 g/mol. The molecule has 0 atom stereocenters. The number of nitrogens with zero attached hydrogens (tertiary/aromatic N) is 1. The largest absolute Gasteiger partial charge is 0.396 e. The van der Waals surface area contributed by atoms with Gasteiger partial charge in [-0.2, -0.15) is 0 Å². The fourth-order valence-corrected chi connectivity index (χ4v) is 3.28. The van der Waals surface area contributed by atoms with E-state index >= 15 is 0 Å². The van der Waals surface area contributed by atoms with Gasteiger partial charge in [-0.3, -0.25) is 4.98 Å². The summed E-state index contributed by atoms with van der Waals surface area (Å²) in [7, 11) is 1.92. The van der Waals surface area contributed by atoms with Crippen molar-refractivity contribution in [2.24, 2.45) is 0 Å². The number of aromatic nitrogens is 1. The number of aliphatic hydroxyl groups is 2. The van der Waals surface area contributed by atoms with Gasteiger partial charge in [-0.25, -0.2) is 0 Å². The molecule has 3 N–H and O–H groups in total. The molecule has 0 aliphatic rings. The van der Waals surface area contributed by atoms with Crippen LogP contribution in [0.4, 0.5) is 0 Å². The van der Waals surface area contributed by atoms with Crippen LogP contribution in [0.3, 0.4) is 0 Å². The van der Waals surface area contributed by atoms with Crippen LogP contribution in [0.5, 0.6) is 0 Å². The highest BCUT2D eigenvalue weighted by atomic mass is 35.5. The van der Waals surface area contributed by atoms with Crippen LogP contribution >= 0.6 is 11.6 Å². The molecule has 0 saturated heterocycles. The van der Waals surface area contributed by atoms with Crippen molar-refractivity contribution < 1.29 is 10.2 Å². The summed E-state index contributed by atoms with van der Waals surface area (Å²) >= 11 is 6.05. The second-order valence-corrected chi connectivity index (χ2v) is 8.53. The summed E-state index contributed by atoms with van der Waals surface area (Å²) in [5.74, 6) is 0. The maximum atomic E-state index is 9.50. The van der Waals surface area contributed by atoms with Crippen molar-refractivity contribution in [3.63, 3.8) is 0 Å². The minimum Gasteiger partial charge on any atom is -0.396 e. The third-order valence-corrected chi connectivity index (χ3v) is 4.49. The van der Waals surface area contributed by atoms with Crippen LogP contribution in [0, 0.1) is 6.92 Å². The molecule has 0 bridgehead atoms. The van der Waals surface area contributed by atoms with E-state index in [-0.39, 0.29) is 6.61 Å². The molecule has 0 aliphatic carbocycles. The summed E-state index contributed by atoms with van der Waals surface area (Å²) in [6.07, 6.45) is 0.623. The summed E-state index contributed by atoms with van der Waals surface area (Å²) in [5, 5.41) is 23.0. The number of aliphatic hydroxyl groups excluding tert-OH is 1. The second-order valence-electron chi connectivity index (χ2n) is 8.10. The first-order chi connectivity index (χ1) is 13.6. The molecule has 3 aromatic rings. The van der Waals surface area contributed by atoms with Gasteiger partial charge in [0.1, 0.15) is 0 Å². The van der Waals surface area contributed by atoms with Gasteiger partial charge in [0.05, 0.1) is 16.8 Å². The second kappa shape index (κ2) is 10.2. The van der Waals surface area contributed by atoms with E-state index in [2.05, 4.69) is 30.4 Å². The molecule has 0 spiro atoms. The fourth-order valence-electron chi connectivity index (χ4n) is 3.15. The first kappa shape index (κ1) is 23.3. The Morgan fingerprint density at radius 2 is 1.69 bits per heavy atom. The number of halogens is 1. The Morgan fingerprint density at radius 1 is 1.07 bits per heavy atom. The summed E-state index contributed by atoms with van der Waals surface area (Å²) in [5.41, 5.74) is 6.04. The first-order valence-electron chi connectivity index (χ1n) is 9.80. The summed E-state index contributed by atoms with van der Waals surface area (Å²) < 4.78 is 0. The molecule has 0 saturated carbocycles. The van der Waals surface area contributed by atoms with E-state index in [0.717, 1.165) is 45.4 Å². The highest BCUT2D eigenvalue weighted by Crippen LogP contribution is 2.35. The molecule has 156 valence electrons. The predicted octanol–water partition coefficient (Wildman–Crippen LogP) is 4.90. The molecule has 4 nitrogen and oxygen atoms in total. The monoisotopic (exact) mass is 414 g/mol. The van der Waals surface area contributed by atoms with Gasteiger partial charge in [0, 0.05) is 23.6 Å². The normalized spacial score (nSPS) is 11.3. The van der Waals surface area contributed by atoms with Crippen LogP contribution in [0.2, 0.25) is 5.02 Å². The average molecular weight is 415 g/mol. The number of benzene rings is 2. The summed E-state index contributed by atoms with van der Waals surface area (Å²) in [4.78, 5) is 4.78. The standard InChI is InChI=1S/C20H21ClN2O.C4H10O/c1-13-11-19-18(8-7-16(23-19)12-22-2)20(17(13)9-10-24)14-3-5-15(21)6-4-14;1-4(2,3)5/h3-8,11,22,24H,9-10,12H2,1-2H3;5H,1-3H3. The first-order valence-corrected chi connectivity index (χ1v) is 10.2. The lowest BCUT2D eigenvalue weighted by Gasteiger charge is -2.16. The molecular formula is C24H31ClN2O2. The quantitative estimate of drug-likeness (QED) is 0.555. The Bertz CT molecular complexity index is 942. The van der Waals surface area contributed by atoms with E-state index in [9.17, 15) is 5.11 Å². The Kier molecular flexibility index (Phi) is 8.17. The third kappa shape index (κ3) is 6.79. The average Bonchev–Trinajstić information content (AvgIpc) is 2.62. The molecule has 0 fully saturated rings. The highest BCUT2D eigenvalue weighted by molar-refractivity contribution is 6.30. The van der Waals surface area contributed by atoms with Crippen molar-refractivity contribution in [2.45, 2.75) is 46.3 Å². The van der Waals surface area contributed by atoms with E-state index < -0.39 is 5.60 Å². The van der Waals surface area contributed by atoms with Gasteiger partial charge in [0.2, 0.25) is 0 Å². The highest BCUT2D eigenvalue weighted by Gasteiger charge is 2.14. The number of aryl methyl sites for hydroxylation is 1. The van der Waals surface area contributed by atoms with Crippen molar-refractivity contribution in [3.05, 3.63) is 64.3 Å². The van der Waals surface area contributed by atoms with Crippen molar-refractivity contribution in [1.82, 2.24) is 10.3 Å². The van der Waals surface area contributed by atoms with Crippen molar-refractivity contribution in [3.8, 4) is 11.1 Å². The molecule has 3 rings (SSSR count). The Labute approximate surface area is 178 Å². The zero-order valence-corrected chi connectivity index (χ0v) is 18.6.